The van der Waals surface area contributed by atoms with E-state index in [4.69, 9.17) is 4.63 Å². The van der Waals surface area contributed by atoms with Crippen molar-refractivity contribution in [2.24, 2.45) is 0 Å². The Morgan fingerprint density at radius 2 is 1.92 bits per heavy atom. The Bertz CT molecular complexity index is 991. The summed E-state index contributed by atoms with van der Waals surface area (Å²) in [6.07, 6.45) is 5.77. The number of rotatable bonds is 5. The molecule has 3 aromatic heterocycles. The lowest BCUT2D eigenvalue weighted by Gasteiger charge is -2.14. The van der Waals surface area contributed by atoms with Gasteiger partial charge in [-0.2, -0.15) is 5.10 Å². The molecule has 0 saturated carbocycles. The highest BCUT2D eigenvalue weighted by Crippen LogP contribution is 2.23. The van der Waals surface area contributed by atoms with E-state index in [0.29, 0.717) is 6.54 Å². The molecule has 0 spiro atoms. The Morgan fingerprint density at radius 3 is 2.68 bits per heavy atom. The number of aromatic nitrogens is 5. The number of aryl methyl sites for hydroxylation is 1. The lowest BCUT2D eigenvalue weighted by Crippen LogP contribution is -2.18. The molecule has 0 unspecified atom stereocenters. The summed E-state index contributed by atoms with van der Waals surface area (Å²) in [6.45, 7) is 3.29. The molecule has 3 heterocycles. The van der Waals surface area contributed by atoms with Crippen molar-refractivity contribution in [1.82, 2.24) is 29.8 Å². The minimum atomic E-state index is 0.668. The fourth-order valence-corrected chi connectivity index (χ4v) is 2.83. The van der Waals surface area contributed by atoms with Crippen LogP contribution in [-0.4, -0.2) is 36.9 Å². The Hall–Kier alpha value is -3.06. The fourth-order valence-electron chi connectivity index (χ4n) is 2.83. The van der Waals surface area contributed by atoms with Crippen LogP contribution in [0, 0.1) is 6.92 Å². The van der Waals surface area contributed by atoms with E-state index in [2.05, 4.69) is 37.4 Å². The van der Waals surface area contributed by atoms with Crippen molar-refractivity contribution >= 4 is 5.65 Å². The van der Waals surface area contributed by atoms with Crippen molar-refractivity contribution in [2.45, 2.75) is 20.0 Å². The first-order chi connectivity index (χ1) is 12.2. The van der Waals surface area contributed by atoms with Gasteiger partial charge in [0.05, 0.1) is 6.20 Å². The van der Waals surface area contributed by atoms with Gasteiger partial charge in [0.15, 0.2) is 5.65 Å². The summed E-state index contributed by atoms with van der Waals surface area (Å²) in [6, 6.07) is 10.2. The molecule has 0 N–H and O–H groups in total. The standard InChI is InChI=1S/C18H18N6O/c1-13-17(22-25-21-13)12-23(2)10-14-8-19-18-16(9-20-24(18)11-14)15-6-4-3-5-7-15/h3-9,11H,10,12H2,1-2H3. The van der Waals surface area contributed by atoms with Crippen LogP contribution in [0.2, 0.25) is 0 Å². The highest BCUT2D eigenvalue weighted by Gasteiger charge is 2.11. The van der Waals surface area contributed by atoms with E-state index in [1.54, 1.807) is 0 Å². The molecule has 7 nitrogen and oxygen atoms in total. The molecule has 0 saturated heterocycles. The molecule has 4 rings (SSSR count). The van der Waals surface area contributed by atoms with E-state index >= 15 is 0 Å². The zero-order chi connectivity index (χ0) is 17.2. The lowest BCUT2D eigenvalue weighted by molar-refractivity contribution is 0.279. The van der Waals surface area contributed by atoms with Crippen LogP contribution < -0.4 is 0 Å². The molecule has 0 aliphatic carbocycles. The second-order valence-electron chi connectivity index (χ2n) is 6.12. The first-order valence-electron chi connectivity index (χ1n) is 8.05. The van der Waals surface area contributed by atoms with Crippen molar-refractivity contribution in [3.8, 4) is 11.1 Å². The quantitative estimate of drug-likeness (QED) is 0.559. The molecule has 0 atom stereocenters. The van der Waals surface area contributed by atoms with Crippen LogP contribution in [0.15, 0.2) is 53.6 Å². The predicted octanol–water partition coefficient (Wildman–Crippen LogP) is 2.72. The number of nitrogens with zero attached hydrogens (tertiary/aromatic N) is 6. The van der Waals surface area contributed by atoms with Crippen LogP contribution in [0.1, 0.15) is 17.0 Å². The third-order valence-corrected chi connectivity index (χ3v) is 4.11. The zero-order valence-corrected chi connectivity index (χ0v) is 14.1. The molecular formula is C18H18N6O. The van der Waals surface area contributed by atoms with Gasteiger partial charge in [-0.1, -0.05) is 40.6 Å². The normalized spacial score (nSPS) is 11.5. The zero-order valence-electron chi connectivity index (χ0n) is 14.1. The summed E-state index contributed by atoms with van der Waals surface area (Å²) in [5, 5.41) is 12.2. The Kier molecular flexibility index (Phi) is 3.99. The van der Waals surface area contributed by atoms with Gasteiger partial charge in [0.2, 0.25) is 0 Å². The van der Waals surface area contributed by atoms with Crippen LogP contribution >= 0.6 is 0 Å². The molecule has 0 radical (unpaired) electrons. The third kappa shape index (κ3) is 3.14. The van der Waals surface area contributed by atoms with Gasteiger partial charge in [-0.25, -0.2) is 14.1 Å². The summed E-state index contributed by atoms with van der Waals surface area (Å²) >= 11 is 0. The van der Waals surface area contributed by atoms with E-state index in [1.807, 2.05) is 55.3 Å². The lowest BCUT2D eigenvalue weighted by atomic mass is 10.1. The molecule has 7 heteroatoms. The Labute approximate surface area is 144 Å². The predicted molar refractivity (Wildman–Crippen MR) is 92.6 cm³/mol. The SMILES string of the molecule is Cc1nonc1CN(C)Cc1cnc2c(-c3ccccc3)cnn2c1. The van der Waals surface area contributed by atoms with Crippen LogP contribution in [-0.2, 0) is 13.1 Å². The molecule has 0 bridgehead atoms. The van der Waals surface area contributed by atoms with Crippen molar-refractivity contribution in [3.05, 3.63) is 65.9 Å². The van der Waals surface area contributed by atoms with Gasteiger partial charge in [0, 0.05) is 36.6 Å². The van der Waals surface area contributed by atoms with E-state index in [0.717, 1.165) is 40.3 Å². The van der Waals surface area contributed by atoms with Gasteiger partial charge in [-0.05, 0) is 19.5 Å². The first kappa shape index (κ1) is 15.5. The number of hydrogen-bond acceptors (Lipinski definition) is 6. The maximum absolute atomic E-state index is 4.75. The third-order valence-electron chi connectivity index (χ3n) is 4.11. The second kappa shape index (κ2) is 6.45. The molecule has 126 valence electrons. The van der Waals surface area contributed by atoms with E-state index in [1.165, 1.54) is 0 Å². The fraction of sp³-hybridized carbons (Fsp3) is 0.222. The monoisotopic (exact) mass is 334 g/mol. The van der Waals surface area contributed by atoms with E-state index < -0.39 is 0 Å². The van der Waals surface area contributed by atoms with E-state index in [-0.39, 0.29) is 0 Å². The molecule has 0 aliphatic heterocycles. The molecule has 0 aliphatic rings. The van der Waals surface area contributed by atoms with Crippen molar-refractivity contribution in [3.63, 3.8) is 0 Å². The van der Waals surface area contributed by atoms with Gasteiger partial charge < -0.3 is 0 Å². The largest absolute Gasteiger partial charge is 0.296 e. The second-order valence-corrected chi connectivity index (χ2v) is 6.12. The van der Waals surface area contributed by atoms with Crippen LogP contribution in [0.3, 0.4) is 0 Å². The van der Waals surface area contributed by atoms with Gasteiger partial charge in [-0.3, -0.25) is 4.90 Å². The molecule has 4 aromatic rings. The minimum absolute atomic E-state index is 0.668. The van der Waals surface area contributed by atoms with Gasteiger partial charge in [-0.15, -0.1) is 0 Å². The van der Waals surface area contributed by atoms with Gasteiger partial charge >= 0.3 is 0 Å². The van der Waals surface area contributed by atoms with Gasteiger partial charge in [0.25, 0.3) is 0 Å². The smallest absolute Gasteiger partial charge is 0.162 e. The number of benzene rings is 1. The summed E-state index contributed by atoms with van der Waals surface area (Å²) in [5.74, 6) is 0. The average molecular weight is 334 g/mol. The average Bonchev–Trinajstić information content (AvgIpc) is 3.22. The summed E-state index contributed by atoms with van der Waals surface area (Å²) in [7, 11) is 2.02. The number of fused-ring (bicyclic) bond motifs is 1. The number of hydrogen-bond donors (Lipinski definition) is 0. The highest BCUT2D eigenvalue weighted by molar-refractivity contribution is 5.76. The first-order valence-corrected chi connectivity index (χ1v) is 8.05. The topological polar surface area (TPSA) is 72.3 Å². The minimum Gasteiger partial charge on any atom is -0.296 e. The van der Waals surface area contributed by atoms with Crippen LogP contribution in [0.5, 0.6) is 0 Å². The Morgan fingerprint density at radius 1 is 1.08 bits per heavy atom. The molecular weight excluding hydrogens is 316 g/mol. The molecule has 1 aromatic carbocycles. The maximum Gasteiger partial charge on any atom is 0.162 e. The van der Waals surface area contributed by atoms with E-state index in [9.17, 15) is 0 Å². The molecule has 0 fully saturated rings. The summed E-state index contributed by atoms with van der Waals surface area (Å²) in [5.41, 5.74) is 5.75. The highest BCUT2D eigenvalue weighted by atomic mass is 16.6. The van der Waals surface area contributed by atoms with Crippen LogP contribution in [0.25, 0.3) is 16.8 Å². The Balaban J connectivity index is 1.55. The summed E-state index contributed by atoms with van der Waals surface area (Å²) in [4.78, 5) is 6.75. The van der Waals surface area contributed by atoms with Crippen molar-refractivity contribution in [2.75, 3.05) is 7.05 Å². The van der Waals surface area contributed by atoms with Gasteiger partial charge in [0.1, 0.15) is 11.4 Å². The molecule has 0 amide bonds. The summed E-state index contributed by atoms with van der Waals surface area (Å²) < 4.78 is 6.57. The van der Waals surface area contributed by atoms with Crippen molar-refractivity contribution in [1.29, 1.82) is 0 Å². The van der Waals surface area contributed by atoms with Crippen molar-refractivity contribution < 1.29 is 4.63 Å². The van der Waals surface area contributed by atoms with Crippen LogP contribution in [0.4, 0.5) is 0 Å². The maximum atomic E-state index is 4.75. The molecule has 25 heavy (non-hydrogen) atoms.